The molecular weight excluding hydrogens is 480 g/mol. The fraction of sp³-hybridized carbons (Fsp3) is 0.100. The van der Waals surface area contributed by atoms with Gasteiger partial charge in [0.25, 0.3) is 0 Å². The molecule has 8 rings (SSSR count). The summed E-state index contributed by atoms with van der Waals surface area (Å²) >= 11 is 0. The number of allylic oxidation sites excluding steroid dienone is 12. The molecule has 4 atom stereocenters. The predicted octanol–water partition coefficient (Wildman–Crippen LogP) is 8.08. The van der Waals surface area contributed by atoms with Crippen molar-refractivity contribution in [3.05, 3.63) is 179 Å². The van der Waals surface area contributed by atoms with E-state index in [0.717, 1.165) is 0 Å². The molecule has 40 heavy (non-hydrogen) atoms. The topological polar surface area (TPSA) is 0 Å². The first kappa shape index (κ1) is 23.2. The van der Waals surface area contributed by atoms with Crippen LogP contribution in [0, 0.1) is 23.7 Å². The van der Waals surface area contributed by atoms with Crippen LogP contribution >= 0.6 is 0 Å². The summed E-state index contributed by atoms with van der Waals surface area (Å²) in [4.78, 5) is 0. The second kappa shape index (κ2) is 9.50. The Balaban J connectivity index is 1.30. The zero-order valence-corrected chi connectivity index (χ0v) is 22.3. The van der Waals surface area contributed by atoms with Crippen LogP contribution in [0.25, 0.3) is 33.0 Å². The van der Waals surface area contributed by atoms with E-state index in [4.69, 9.17) is 0 Å². The minimum absolute atomic E-state index is 0.301. The molecule has 4 aliphatic carbocycles. The molecule has 0 N–H and O–H groups in total. The van der Waals surface area contributed by atoms with Crippen molar-refractivity contribution in [3.63, 3.8) is 0 Å². The molecule has 0 saturated heterocycles. The molecule has 0 spiro atoms. The third-order valence-electron chi connectivity index (χ3n) is 9.04. The second-order valence-corrected chi connectivity index (χ2v) is 11.2. The Labute approximate surface area is 235 Å². The van der Waals surface area contributed by atoms with Gasteiger partial charge in [0.15, 0.2) is 0 Å². The Morgan fingerprint density at radius 1 is 0.400 bits per heavy atom. The minimum atomic E-state index is 0.301. The molecule has 0 aromatic heterocycles. The van der Waals surface area contributed by atoms with Gasteiger partial charge >= 0.3 is 0 Å². The van der Waals surface area contributed by atoms with Crippen LogP contribution in [0.3, 0.4) is 0 Å². The first-order valence-electron chi connectivity index (χ1n) is 14.4. The highest BCUT2D eigenvalue weighted by Crippen LogP contribution is 2.45. The highest BCUT2D eigenvalue weighted by molar-refractivity contribution is 5.88. The van der Waals surface area contributed by atoms with E-state index < -0.39 is 0 Å². The van der Waals surface area contributed by atoms with Crippen LogP contribution in [-0.4, -0.2) is 0 Å². The van der Waals surface area contributed by atoms with Crippen LogP contribution < -0.4 is 10.4 Å². The molecule has 0 heterocycles. The summed E-state index contributed by atoms with van der Waals surface area (Å²) in [6.07, 6.45) is 25.4. The second-order valence-electron chi connectivity index (χ2n) is 11.2. The van der Waals surface area contributed by atoms with Gasteiger partial charge in [-0.1, -0.05) is 152 Å². The summed E-state index contributed by atoms with van der Waals surface area (Å²) in [6.45, 7) is 0. The average Bonchev–Trinajstić information content (AvgIpc) is 3.03. The van der Waals surface area contributed by atoms with Crippen molar-refractivity contribution >= 4 is 21.9 Å². The molecule has 0 fully saturated rings. The average molecular weight is 511 g/mol. The van der Waals surface area contributed by atoms with Crippen molar-refractivity contribution in [2.75, 3.05) is 0 Å². The van der Waals surface area contributed by atoms with Crippen molar-refractivity contribution < 1.29 is 0 Å². The van der Waals surface area contributed by atoms with Crippen molar-refractivity contribution in [1.82, 2.24) is 0 Å². The molecule has 4 unspecified atom stereocenters. The monoisotopic (exact) mass is 510 g/mol. The smallest absolute Gasteiger partial charge is 0.0137 e. The fourth-order valence-corrected chi connectivity index (χ4v) is 7.16. The summed E-state index contributed by atoms with van der Waals surface area (Å²) in [6, 6.07) is 33.7. The van der Waals surface area contributed by atoms with E-state index in [-0.39, 0.29) is 0 Å². The van der Waals surface area contributed by atoms with E-state index in [2.05, 4.69) is 158 Å². The van der Waals surface area contributed by atoms with Gasteiger partial charge in [0.2, 0.25) is 0 Å². The molecule has 190 valence electrons. The predicted molar refractivity (Wildman–Crippen MR) is 169 cm³/mol. The lowest BCUT2D eigenvalue weighted by atomic mass is 9.66. The molecule has 4 aromatic rings. The largest absolute Gasteiger partial charge is 0.0767 e. The Morgan fingerprint density at radius 3 is 1.77 bits per heavy atom. The highest BCUT2D eigenvalue weighted by atomic mass is 14.4. The van der Waals surface area contributed by atoms with Gasteiger partial charge in [-0.2, -0.15) is 0 Å². The van der Waals surface area contributed by atoms with E-state index in [1.807, 2.05) is 0 Å². The minimum Gasteiger partial charge on any atom is -0.0767 e. The summed E-state index contributed by atoms with van der Waals surface area (Å²) in [5.41, 5.74) is 8.19. The lowest BCUT2D eigenvalue weighted by molar-refractivity contribution is 0.611. The highest BCUT2D eigenvalue weighted by Gasteiger charge is 2.35. The Bertz CT molecular complexity index is 1950. The normalized spacial score (nSPS) is 24.1. The maximum absolute atomic E-state index is 2.43. The lowest BCUT2D eigenvalue weighted by Crippen LogP contribution is -2.41. The summed E-state index contributed by atoms with van der Waals surface area (Å²) in [7, 11) is 0. The lowest BCUT2D eigenvalue weighted by Gasteiger charge is -2.37. The summed E-state index contributed by atoms with van der Waals surface area (Å²) < 4.78 is 0. The van der Waals surface area contributed by atoms with E-state index in [9.17, 15) is 0 Å². The summed E-state index contributed by atoms with van der Waals surface area (Å²) in [5, 5.41) is 5.30. The number of hydrogen-bond acceptors (Lipinski definition) is 0. The molecule has 4 aromatic carbocycles. The third kappa shape index (κ3) is 3.75. The van der Waals surface area contributed by atoms with Gasteiger partial charge in [0.05, 0.1) is 0 Å². The van der Waals surface area contributed by atoms with Crippen LogP contribution in [0.1, 0.15) is 5.56 Å². The number of hydrogen-bond donors (Lipinski definition) is 0. The van der Waals surface area contributed by atoms with Crippen molar-refractivity contribution in [3.8, 4) is 11.1 Å². The summed E-state index contributed by atoms with van der Waals surface area (Å²) in [5.74, 6) is 1.43. The van der Waals surface area contributed by atoms with E-state index >= 15 is 0 Å². The standard InChI is InChI=1S/C40H30/c1-2-12-31-26-32(25-22-27(31)10-1)28-20-23-30(24-21-28)39-35-15-5-7-17-37(35)40(38-18-8-6-16-36(38)39)34-19-9-13-29-11-3-4-14-33(29)34/h1-26,29,33,35,37H. The molecule has 0 heteroatoms. The van der Waals surface area contributed by atoms with Crippen LogP contribution in [0.15, 0.2) is 163 Å². The van der Waals surface area contributed by atoms with Crippen LogP contribution in [-0.2, 0) is 0 Å². The Hall–Kier alpha value is -4.68. The third-order valence-corrected chi connectivity index (χ3v) is 9.04. The van der Waals surface area contributed by atoms with Gasteiger partial charge in [-0.05, 0) is 60.7 Å². The van der Waals surface area contributed by atoms with Gasteiger partial charge in [0.1, 0.15) is 0 Å². The van der Waals surface area contributed by atoms with Gasteiger partial charge in [-0.3, -0.25) is 0 Å². The van der Waals surface area contributed by atoms with E-state index in [0.29, 0.717) is 23.7 Å². The zero-order valence-electron chi connectivity index (χ0n) is 22.3. The van der Waals surface area contributed by atoms with Crippen molar-refractivity contribution in [2.24, 2.45) is 23.7 Å². The molecular formula is C40H30. The van der Waals surface area contributed by atoms with E-state index in [1.165, 1.54) is 54.6 Å². The number of benzene rings is 4. The van der Waals surface area contributed by atoms with Crippen LogP contribution in [0.5, 0.6) is 0 Å². The maximum atomic E-state index is 2.43. The first-order valence-corrected chi connectivity index (χ1v) is 14.4. The van der Waals surface area contributed by atoms with Gasteiger partial charge in [0, 0.05) is 23.7 Å². The molecule has 4 aliphatic rings. The van der Waals surface area contributed by atoms with Crippen LogP contribution in [0.2, 0.25) is 0 Å². The van der Waals surface area contributed by atoms with Gasteiger partial charge in [-0.25, -0.2) is 0 Å². The van der Waals surface area contributed by atoms with Crippen LogP contribution in [0.4, 0.5) is 0 Å². The van der Waals surface area contributed by atoms with Gasteiger partial charge < -0.3 is 0 Å². The molecule has 0 bridgehead atoms. The molecule has 0 amide bonds. The van der Waals surface area contributed by atoms with Crippen molar-refractivity contribution in [2.45, 2.75) is 0 Å². The molecule has 0 radical (unpaired) electrons. The van der Waals surface area contributed by atoms with E-state index in [1.54, 1.807) is 0 Å². The zero-order chi connectivity index (χ0) is 26.5. The quantitative estimate of drug-likeness (QED) is 0.261. The maximum Gasteiger partial charge on any atom is 0.0137 e. The molecule has 0 saturated carbocycles. The number of fused-ring (bicyclic) bond motifs is 4. The molecule has 0 aliphatic heterocycles. The molecule has 0 nitrogen and oxygen atoms in total. The SMILES string of the molecule is C1=CC2C=CC=C(C3=c4ccccc4=C(c4ccc(-c5ccc6ccccc6c5)cc4)C4C=CC=CC34)C2C=C1. The number of rotatable bonds is 3. The Kier molecular flexibility index (Phi) is 5.52. The first-order chi connectivity index (χ1) is 19.8. The van der Waals surface area contributed by atoms with Gasteiger partial charge in [-0.15, -0.1) is 0 Å². The van der Waals surface area contributed by atoms with Crippen molar-refractivity contribution in [1.29, 1.82) is 0 Å². The fourth-order valence-electron chi connectivity index (χ4n) is 7.16. The Morgan fingerprint density at radius 2 is 0.975 bits per heavy atom.